The number of halogens is 1. The first-order valence-electron chi connectivity index (χ1n) is 11.7. The van der Waals surface area contributed by atoms with Gasteiger partial charge in [0.2, 0.25) is 11.9 Å². The number of carbonyl (C=O) groups is 2. The second-order valence-electron chi connectivity index (χ2n) is 8.23. The molecular formula is C25H29ClN4O5. The second-order valence-corrected chi connectivity index (χ2v) is 8.66. The molecular weight excluding hydrogens is 472 g/mol. The highest BCUT2D eigenvalue weighted by Crippen LogP contribution is 2.36. The number of nitrogens with zero attached hydrogens (tertiary/aromatic N) is 3. The third-order valence-corrected chi connectivity index (χ3v) is 6.28. The molecule has 1 fully saturated rings. The van der Waals surface area contributed by atoms with Crippen molar-refractivity contribution < 1.29 is 24.2 Å². The minimum Gasteiger partial charge on any atom is -0.504 e. The van der Waals surface area contributed by atoms with Crippen LogP contribution in [0.15, 0.2) is 47.5 Å². The number of benzene rings is 2. The lowest BCUT2D eigenvalue weighted by Gasteiger charge is -2.39. The van der Waals surface area contributed by atoms with Gasteiger partial charge in [-0.2, -0.15) is 0 Å². The summed E-state index contributed by atoms with van der Waals surface area (Å²) in [5.41, 5.74) is 1.66. The van der Waals surface area contributed by atoms with E-state index in [0.29, 0.717) is 36.2 Å². The molecule has 0 aliphatic carbocycles. The van der Waals surface area contributed by atoms with Crippen molar-refractivity contribution in [2.24, 2.45) is 10.9 Å². The molecule has 1 saturated heterocycles. The average molecular weight is 501 g/mol. The molecule has 2 aliphatic rings. The number of anilines is 1. The van der Waals surface area contributed by atoms with E-state index in [0.717, 1.165) is 18.8 Å². The molecule has 186 valence electrons. The van der Waals surface area contributed by atoms with E-state index in [1.54, 1.807) is 19.1 Å². The number of carbonyl (C=O) groups excluding carboxylic acids is 2. The Kier molecular flexibility index (Phi) is 7.65. The largest absolute Gasteiger partial charge is 0.504 e. The monoisotopic (exact) mass is 500 g/mol. The predicted octanol–water partition coefficient (Wildman–Crippen LogP) is 2.97. The van der Waals surface area contributed by atoms with Gasteiger partial charge in [0.15, 0.2) is 17.4 Å². The molecule has 9 nitrogen and oxygen atoms in total. The van der Waals surface area contributed by atoms with Gasteiger partial charge in [0.25, 0.3) is 0 Å². The highest BCUT2D eigenvalue weighted by Gasteiger charge is 2.42. The second kappa shape index (κ2) is 10.9. The van der Waals surface area contributed by atoms with E-state index in [4.69, 9.17) is 26.1 Å². The van der Waals surface area contributed by atoms with Crippen LogP contribution in [0, 0.1) is 5.92 Å². The van der Waals surface area contributed by atoms with E-state index in [2.05, 4.69) is 10.2 Å². The zero-order chi connectivity index (χ0) is 24.9. The molecule has 0 aromatic heterocycles. The fraction of sp³-hybridized carbons (Fsp3) is 0.400. The zero-order valence-electron chi connectivity index (χ0n) is 19.7. The van der Waals surface area contributed by atoms with E-state index >= 15 is 0 Å². The molecule has 2 aromatic carbocycles. The normalized spacial score (nSPS) is 20.2. The lowest BCUT2D eigenvalue weighted by Crippen LogP contribution is -2.57. The summed E-state index contributed by atoms with van der Waals surface area (Å²) in [5.74, 6) is -1.59. The summed E-state index contributed by atoms with van der Waals surface area (Å²) in [5, 5.41) is 13.6. The molecule has 2 heterocycles. The minimum absolute atomic E-state index is 0.0222. The summed E-state index contributed by atoms with van der Waals surface area (Å²) < 4.78 is 10.7. The van der Waals surface area contributed by atoms with Gasteiger partial charge in [-0.3, -0.25) is 14.9 Å². The number of aromatic hydroxyl groups is 1. The molecule has 1 amide bonds. The predicted molar refractivity (Wildman–Crippen MR) is 133 cm³/mol. The van der Waals surface area contributed by atoms with Gasteiger partial charge in [0.05, 0.1) is 13.2 Å². The van der Waals surface area contributed by atoms with E-state index < -0.39 is 23.8 Å². The molecule has 0 radical (unpaired) electrons. The minimum atomic E-state index is -1.15. The Labute approximate surface area is 209 Å². The number of aliphatic imine (C=N–C) groups is 1. The Morgan fingerprint density at radius 1 is 1.09 bits per heavy atom. The zero-order valence-corrected chi connectivity index (χ0v) is 20.5. The highest BCUT2D eigenvalue weighted by molar-refractivity contribution is 6.30. The van der Waals surface area contributed by atoms with Gasteiger partial charge in [-0.25, -0.2) is 4.99 Å². The number of esters is 1. The van der Waals surface area contributed by atoms with Crippen molar-refractivity contribution in [2.75, 3.05) is 44.3 Å². The van der Waals surface area contributed by atoms with Crippen molar-refractivity contribution in [3.63, 3.8) is 0 Å². The van der Waals surface area contributed by atoms with Crippen molar-refractivity contribution in [1.82, 2.24) is 10.2 Å². The maximum atomic E-state index is 13.1. The number of phenols is 1. The summed E-state index contributed by atoms with van der Waals surface area (Å²) in [6, 6.07) is 11.6. The summed E-state index contributed by atoms with van der Waals surface area (Å²) >= 11 is 6.01. The molecule has 2 N–H and O–H groups in total. The van der Waals surface area contributed by atoms with Crippen LogP contribution in [0.2, 0.25) is 5.02 Å². The van der Waals surface area contributed by atoms with Gasteiger partial charge >= 0.3 is 5.97 Å². The Balaban J connectivity index is 1.59. The lowest BCUT2D eigenvalue weighted by molar-refractivity contribution is -0.153. The van der Waals surface area contributed by atoms with Gasteiger partial charge in [-0.15, -0.1) is 0 Å². The van der Waals surface area contributed by atoms with Gasteiger partial charge in [-0.05, 0) is 55.8 Å². The number of rotatable bonds is 6. The number of amides is 1. The molecule has 4 rings (SSSR count). The highest BCUT2D eigenvalue weighted by atomic mass is 35.5. The molecule has 0 saturated carbocycles. The molecule has 2 aromatic rings. The standard InChI is InChI=1S/C25H29ClN4O5/c1-3-34-20-15-16(5-10-19(20)31)22-21(24(33)35-4-2)23(32)28-25(27-22)30-13-11-29(12-14-30)18-8-6-17(26)7-9-18/h5-10,15,21-22,31H,3-4,11-14H2,1-2H3,(H,27,28,32)/t21-,22-/m0/s1. The van der Waals surface area contributed by atoms with E-state index in [-0.39, 0.29) is 18.1 Å². The number of hydrogen-bond acceptors (Lipinski definition) is 8. The van der Waals surface area contributed by atoms with Crippen molar-refractivity contribution in [3.8, 4) is 11.5 Å². The van der Waals surface area contributed by atoms with Crippen LogP contribution in [0.1, 0.15) is 25.5 Å². The van der Waals surface area contributed by atoms with Crippen LogP contribution in [0.5, 0.6) is 11.5 Å². The van der Waals surface area contributed by atoms with Crippen LogP contribution in [0.4, 0.5) is 5.69 Å². The Morgan fingerprint density at radius 2 is 1.77 bits per heavy atom. The number of nitrogens with one attached hydrogen (secondary N) is 1. The molecule has 2 aliphatic heterocycles. The molecule has 0 spiro atoms. The smallest absolute Gasteiger partial charge is 0.321 e. The summed E-state index contributed by atoms with van der Waals surface area (Å²) in [7, 11) is 0. The number of guanidine groups is 1. The lowest BCUT2D eigenvalue weighted by atomic mass is 9.91. The first-order chi connectivity index (χ1) is 16.9. The molecule has 0 unspecified atom stereocenters. The maximum Gasteiger partial charge on any atom is 0.321 e. The van der Waals surface area contributed by atoms with Crippen LogP contribution in [-0.4, -0.2) is 67.2 Å². The topological polar surface area (TPSA) is 104 Å². The Morgan fingerprint density at radius 3 is 2.43 bits per heavy atom. The fourth-order valence-corrected chi connectivity index (χ4v) is 4.41. The van der Waals surface area contributed by atoms with E-state index in [1.165, 1.54) is 6.07 Å². The van der Waals surface area contributed by atoms with Gasteiger partial charge < -0.3 is 24.4 Å². The molecule has 2 atom stereocenters. The Bertz CT molecular complexity index is 1100. The summed E-state index contributed by atoms with van der Waals surface area (Å²) in [6.07, 6.45) is 0. The summed E-state index contributed by atoms with van der Waals surface area (Å²) in [4.78, 5) is 34.9. The van der Waals surface area contributed by atoms with Crippen LogP contribution >= 0.6 is 11.6 Å². The molecule has 35 heavy (non-hydrogen) atoms. The summed E-state index contributed by atoms with van der Waals surface area (Å²) in [6.45, 7) is 6.75. The first-order valence-corrected chi connectivity index (χ1v) is 12.1. The van der Waals surface area contributed by atoms with E-state index in [1.807, 2.05) is 36.1 Å². The quantitative estimate of drug-likeness (QED) is 0.464. The van der Waals surface area contributed by atoms with Crippen molar-refractivity contribution >= 4 is 35.1 Å². The fourth-order valence-electron chi connectivity index (χ4n) is 4.28. The van der Waals surface area contributed by atoms with Gasteiger partial charge in [0, 0.05) is 36.9 Å². The van der Waals surface area contributed by atoms with Crippen molar-refractivity contribution in [3.05, 3.63) is 53.1 Å². The number of piperazine rings is 1. The van der Waals surface area contributed by atoms with Crippen LogP contribution in [0.25, 0.3) is 0 Å². The third kappa shape index (κ3) is 5.45. The first kappa shape index (κ1) is 24.7. The van der Waals surface area contributed by atoms with Crippen LogP contribution < -0.4 is 15.0 Å². The van der Waals surface area contributed by atoms with Crippen LogP contribution in [0.3, 0.4) is 0 Å². The number of phenolic OH excluding ortho intramolecular Hbond substituents is 1. The van der Waals surface area contributed by atoms with Crippen molar-refractivity contribution in [2.45, 2.75) is 19.9 Å². The van der Waals surface area contributed by atoms with Gasteiger partial charge in [0.1, 0.15) is 6.04 Å². The SMILES string of the molecule is CCOC(=O)[C@@H]1C(=O)NC(N2CCN(c3ccc(Cl)cc3)CC2)=N[C@H]1c1ccc(O)c(OCC)c1. The third-order valence-electron chi connectivity index (χ3n) is 6.03. The molecule has 0 bridgehead atoms. The average Bonchev–Trinajstić information content (AvgIpc) is 2.86. The maximum absolute atomic E-state index is 13.1. The Hall–Kier alpha value is -3.46. The van der Waals surface area contributed by atoms with Gasteiger partial charge in [-0.1, -0.05) is 17.7 Å². The van der Waals surface area contributed by atoms with Crippen LogP contribution in [-0.2, 0) is 14.3 Å². The van der Waals surface area contributed by atoms with E-state index in [9.17, 15) is 14.7 Å². The number of ether oxygens (including phenoxy) is 2. The number of hydrogen-bond donors (Lipinski definition) is 2. The molecule has 10 heteroatoms. The van der Waals surface area contributed by atoms with Crippen molar-refractivity contribution in [1.29, 1.82) is 0 Å².